The van der Waals surface area contributed by atoms with Crippen LogP contribution < -0.4 is 0 Å². The van der Waals surface area contributed by atoms with Gasteiger partial charge in [0.15, 0.2) is 0 Å². The van der Waals surface area contributed by atoms with Crippen molar-refractivity contribution in [3.63, 3.8) is 0 Å². The van der Waals surface area contributed by atoms with Gasteiger partial charge in [0.25, 0.3) is 5.91 Å². The summed E-state index contributed by atoms with van der Waals surface area (Å²) in [5.41, 5.74) is 6.59. The predicted molar refractivity (Wildman–Crippen MR) is 123 cm³/mol. The number of benzene rings is 2. The Balaban J connectivity index is 1.27. The summed E-state index contributed by atoms with van der Waals surface area (Å²) in [6.07, 6.45) is 4.15. The molecular formula is C26H28N4O. The average Bonchev–Trinajstić information content (AvgIpc) is 3.36. The normalized spacial score (nSPS) is 15.0. The van der Waals surface area contributed by atoms with Crippen molar-refractivity contribution in [3.8, 4) is 0 Å². The van der Waals surface area contributed by atoms with Crippen LogP contribution in [0.1, 0.15) is 51.6 Å². The summed E-state index contributed by atoms with van der Waals surface area (Å²) in [7, 11) is 0. The number of rotatable bonds is 4. The smallest absolute Gasteiger partial charge is 0.253 e. The van der Waals surface area contributed by atoms with Crippen LogP contribution in [-0.2, 0) is 6.54 Å². The molecule has 0 spiro atoms. The molecule has 0 bridgehead atoms. The van der Waals surface area contributed by atoms with E-state index in [1.807, 2.05) is 34.7 Å². The van der Waals surface area contributed by atoms with E-state index in [4.69, 9.17) is 0 Å². The number of hydrogen-bond acceptors (Lipinski definition) is 2. The van der Waals surface area contributed by atoms with Crippen LogP contribution in [0.3, 0.4) is 0 Å². The molecule has 0 atom stereocenters. The third kappa shape index (κ3) is 3.88. The Morgan fingerprint density at radius 3 is 2.65 bits per heavy atom. The average molecular weight is 413 g/mol. The lowest BCUT2D eigenvalue weighted by molar-refractivity contribution is 0.0713. The molecule has 1 N–H and O–H groups in total. The molecular weight excluding hydrogens is 384 g/mol. The lowest BCUT2D eigenvalue weighted by Gasteiger charge is -2.32. The Kier molecular flexibility index (Phi) is 5.10. The first-order chi connectivity index (χ1) is 15.1. The minimum absolute atomic E-state index is 0.132. The highest BCUT2D eigenvalue weighted by Crippen LogP contribution is 2.33. The Morgan fingerprint density at radius 2 is 1.87 bits per heavy atom. The molecule has 1 fully saturated rings. The second kappa shape index (κ2) is 8.06. The monoisotopic (exact) mass is 412 g/mol. The van der Waals surface area contributed by atoms with Crippen LogP contribution in [0.15, 0.2) is 60.8 Å². The third-order valence-electron chi connectivity index (χ3n) is 6.45. The number of carbonyl (C=O) groups excluding carboxylic acids is 1. The lowest BCUT2D eigenvalue weighted by Crippen LogP contribution is -2.37. The van der Waals surface area contributed by atoms with Crippen molar-refractivity contribution < 1.29 is 4.79 Å². The standard InChI is InChI=1S/C26H28N4O/c1-18-14-19(2)30(28-18)17-20-6-5-7-22(15-20)26(31)29-12-10-21(11-13-29)24-16-27-25-9-4-3-8-23(24)25/h3-9,14-16,21,27H,10-13,17H2,1-2H3. The zero-order valence-electron chi connectivity index (χ0n) is 18.1. The maximum Gasteiger partial charge on any atom is 0.253 e. The summed E-state index contributed by atoms with van der Waals surface area (Å²) in [5, 5.41) is 5.85. The fraction of sp³-hybridized carbons (Fsp3) is 0.308. The number of hydrogen-bond donors (Lipinski definition) is 1. The van der Waals surface area contributed by atoms with Gasteiger partial charge in [-0.25, -0.2) is 0 Å². The molecule has 31 heavy (non-hydrogen) atoms. The van der Waals surface area contributed by atoms with Gasteiger partial charge < -0.3 is 9.88 Å². The topological polar surface area (TPSA) is 53.9 Å². The van der Waals surface area contributed by atoms with Crippen molar-refractivity contribution >= 4 is 16.8 Å². The first-order valence-electron chi connectivity index (χ1n) is 11.0. The molecule has 0 radical (unpaired) electrons. The van der Waals surface area contributed by atoms with Crippen LogP contribution in [0.25, 0.3) is 10.9 Å². The number of para-hydroxylation sites is 1. The van der Waals surface area contributed by atoms with Gasteiger partial charge >= 0.3 is 0 Å². The van der Waals surface area contributed by atoms with E-state index in [0.717, 1.165) is 48.4 Å². The fourth-order valence-electron chi connectivity index (χ4n) is 4.82. The van der Waals surface area contributed by atoms with Gasteiger partial charge in [-0.2, -0.15) is 5.10 Å². The maximum atomic E-state index is 13.2. The molecule has 0 aliphatic carbocycles. The van der Waals surface area contributed by atoms with Crippen LogP contribution in [0.4, 0.5) is 0 Å². The van der Waals surface area contributed by atoms with E-state index in [9.17, 15) is 4.79 Å². The zero-order valence-corrected chi connectivity index (χ0v) is 18.1. The summed E-state index contributed by atoms with van der Waals surface area (Å²) in [5.74, 6) is 0.630. The van der Waals surface area contributed by atoms with Crippen LogP contribution in [0.5, 0.6) is 0 Å². The first kappa shape index (κ1) is 19.6. The molecule has 2 aromatic heterocycles. The van der Waals surface area contributed by atoms with Gasteiger partial charge in [0.2, 0.25) is 0 Å². The minimum atomic E-state index is 0.132. The van der Waals surface area contributed by atoms with Crippen LogP contribution in [0.2, 0.25) is 0 Å². The van der Waals surface area contributed by atoms with Crippen molar-refractivity contribution in [2.24, 2.45) is 0 Å². The largest absolute Gasteiger partial charge is 0.361 e. The van der Waals surface area contributed by atoms with Gasteiger partial charge in [-0.05, 0) is 68.0 Å². The van der Waals surface area contributed by atoms with Gasteiger partial charge in [0.1, 0.15) is 0 Å². The highest BCUT2D eigenvalue weighted by Gasteiger charge is 2.26. The van der Waals surface area contributed by atoms with Crippen molar-refractivity contribution in [1.29, 1.82) is 0 Å². The van der Waals surface area contributed by atoms with E-state index in [0.29, 0.717) is 12.5 Å². The molecule has 5 nitrogen and oxygen atoms in total. The van der Waals surface area contributed by atoms with E-state index in [2.05, 4.69) is 59.6 Å². The Bertz CT molecular complexity index is 1230. The SMILES string of the molecule is Cc1cc(C)n(Cc2cccc(C(=O)N3CCC(c4c[nH]c5ccccc45)CC3)c2)n1. The van der Waals surface area contributed by atoms with Crippen LogP contribution >= 0.6 is 0 Å². The molecule has 1 aliphatic heterocycles. The summed E-state index contributed by atoms with van der Waals surface area (Å²) in [6.45, 7) is 6.34. The molecule has 1 aliphatic rings. The molecule has 0 unspecified atom stereocenters. The van der Waals surface area contributed by atoms with Gasteiger partial charge in [-0.1, -0.05) is 30.3 Å². The molecule has 2 aromatic carbocycles. The highest BCUT2D eigenvalue weighted by atomic mass is 16.2. The lowest BCUT2D eigenvalue weighted by atomic mass is 9.89. The number of aromatic nitrogens is 3. The van der Waals surface area contributed by atoms with Crippen LogP contribution in [-0.4, -0.2) is 38.7 Å². The fourth-order valence-corrected chi connectivity index (χ4v) is 4.82. The Hall–Kier alpha value is -3.34. The number of piperidine rings is 1. The molecule has 1 amide bonds. The number of nitrogens with zero attached hydrogens (tertiary/aromatic N) is 3. The number of aromatic amines is 1. The number of H-pyrrole nitrogens is 1. The molecule has 3 heterocycles. The number of carbonyl (C=O) groups is 1. The summed E-state index contributed by atoms with van der Waals surface area (Å²) in [6, 6.07) is 18.5. The predicted octanol–water partition coefficient (Wildman–Crippen LogP) is 5.05. The molecule has 0 saturated carbocycles. The molecule has 1 saturated heterocycles. The van der Waals surface area contributed by atoms with E-state index in [1.54, 1.807) is 0 Å². The van der Waals surface area contributed by atoms with Crippen molar-refractivity contribution in [3.05, 3.63) is 88.9 Å². The van der Waals surface area contributed by atoms with Crippen molar-refractivity contribution in [1.82, 2.24) is 19.7 Å². The summed E-state index contributed by atoms with van der Waals surface area (Å²) < 4.78 is 1.99. The van der Waals surface area contributed by atoms with Crippen molar-refractivity contribution in [2.75, 3.05) is 13.1 Å². The number of nitrogens with one attached hydrogen (secondary N) is 1. The molecule has 158 valence electrons. The molecule has 5 heteroatoms. The van der Waals surface area contributed by atoms with Gasteiger partial charge in [-0.3, -0.25) is 9.48 Å². The highest BCUT2D eigenvalue weighted by molar-refractivity contribution is 5.94. The molecule has 4 aromatic rings. The number of amides is 1. The quantitative estimate of drug-likeness (QED) is 0.510. The Labute approximate surface area is 182 Å². The second-order valence-corrected chi connectivity index (χ2v) is 8.64. The van der Waals surface area contributed by atoms with E-state index >= 15 is 0 Å². The summed E-state index contributed by atoms with van der Waals surface area (Å²) in [4.78, 5) is 18.6. The summed E-state index contributed by atoms with van der Waals surface area (Å²) >= 11 is 0. The van der Waals surface area contributed by atoms with E-state index in [1.165, 1.54) is 16.5 Å². The first-order valence-corrected chi connectivity index (χ1v) is 11.0. The zero-order chi connectivity index (χ0) is 21.4. The third-order valence-corrected chi connectivity index (χ3v) is 6.45. The van der Waals surface area contributed by atoms with E-state index in [-0.39, 0.29) is 5.91 Å². The number of aryl methyl sites for hydroxylation is 2. The van der Waals surface area contributed by atoms with Gasteiger partial charge in [0.05, 0.1) is 12.2 Å². The molecule has 5 rings (SSSR count). The number of likely N-dealkylation sites (tertiary alicyclic amines) is 1. The second-order valence-electron chi connectivity index (χ2n) is 8.64. The minimum Gasteiger partial charge on any atom is -0.361 e. The maximum absolute atomic E-state index is 13.2. The number of fused-ring (bicyclic) bond motifs is 1. The van der Waals surface area contributed by atoms with Gasteiger partial charge in [0, 0.05) is 41.4 Å². The van der Waals surface area contributed by atoms with Crippen LogP contribution in [0, 0.1) is 13.8 Å². The Morgan fingerprint density at radius 1 is 1.06 bits per heavy atom. The van der Waals surface area contributed by atoms with Crippen molar-refractivity contribution in [2.45, 2.75) is 39.2 Å². The van der Waals surface area contributed by atoms with E-state index < -0.39 is 0 Å². The van der Waals surface area contributed by atoms with Gasteiger partial charge in [-0.15, -0.1) is 0 Å².